The van der Waals surface area contributed by atoms with Crippen LogP contribution >= 0.6 is 11.3 Å². The Balaban J connectivity index is 1.71. The minimum absolute atomic E-state index is 0.290. The second-order valence-corrected chi connectivity index (χ2v) is 6.44. The smallest absolute Gasteiger partial charge is 0.308 e. The molecule has 0 aliphatic heterocycles. The Morgan fingerprint density at radius 3 is 2.35 bits per heavy atom. The summed E-state index contributed by atoms with van der Waals surface area (Å²) < 4.78 is 0. The number of hydrogen-bond donors (Lipinski definition) is 2. The highest BCUT2D eigenvalue weighted by atomic mass is 32.1. The number of rotatable bonds is 3. The molecule has 0 radical (unpaired) electrons. The van der Waals surface area contributed by atoms with Crippen LogP contribution in [-0.2, 0) is 0 Å². The van der Waals surface area contributed by atoms with Crippen LogP contribution in [0.15, 0.2) is 54.6 Å². The molecule has 0 saturated heterocycles. The summed E-state index contributed by atoms with van der Waals surface area (Å²) in [5.74, 6) is 0. The van der Waals surface area contributed by atoms with Crippen LogP contribution in [0.4, 0.5) is 15.6 Å². The lowest BCUT2D eigenvalue weighted by molar-refractivity contribution is 0.262. The van der Waals surface area contributed by atoms with Gasteiger partial charge < -0.3 is 5.32 Å². The molecule has 4 nitrogen and oxygen atoms in total. The summed E-state index contributed by atoms with van der Waals surface area (Å²) in [4.78, 5) is 17.7. The number of nitrogens with zero attached hydrogens (tertiary/aromatic N) is 1. The van der Waals surface area contributed by atoms with E-state index in [1.54, 1.807) is 0 Å². The Labute approximate surface area is 139 Å². The molecule has 3 rings (SSSR count). The van der Waals surface area contributed by atoms with E-state index in [0.717, 1.165) is 27.4 Å². The highest BCUT2D eigenvalue weighted by molar-refractivity contribution is 7.16. The lowest BCUT2D eigenvalue weighted by Gasteiger charge is -2.05. The molecule has 5 heteroatoms. The summed E-state index contributed by atoms with van der Waals surface area (Å²) in [7, 11) is 0. The molecule has 3 aromatic rings. The van der Waals surface area contributed by atoms with E-state index in [1.807, 2.05) is 68.4 Å². The Bertz CT molecular complexity index is 810. The van der Waals surface area contributed by atoms with Gasteiger partial charge >= 0.3 is 6.03 Å². The van der Waals surface area contributed by atoms with Gasteiger partial charge in [0.1, 0.15) is 0 Å². The first-order valence-corrected chi connectivity index (χ1v) is 8.11. The van der Waals surface area contributed by atoms with Gasteiger partial charge in [0, 0.05) is 16.1 Å². The van der Waals surface area contributed by atoms with Crippen molar-refractivity contribution in [3.8, 4) is 11.3 Å². The standard InChI is InChI=1S/C18H17N3OS/c1-12-8-10-15(11-9-12)19-17(22)21-18-20-16(13(2)23-18)14-6-4-3-5-7-14/h3-11H,1-2H3,(H2,19,20,21,22). The van der Waals surface area contributed by atoms with Crippen molar-refractivity contribution in [2.24, 2.45) is 0 Å². The fraction of sp³-hybridized carbons (Fsp3) is 0.111. The second kappa shape index (κ2) is 6.62. The number of carbonyl (C=O) groups is 1. The van der Waals surface area contributed by atoms with E-state index in [9.17, 15) is 4.79 Å². The average molecular weight is 323 g/mol. The summed E-state index contributed by atoms with van der Waals surface area (Å²) in [5, 5.41) is 6.18. The molecule has 0 atom stereocenters. The van der Waals surface area contributed by atoms with Crippen molar-refractivity contribution in [1.82, 2.24) is 4.98 Å². The van der Waals surface area contributed by atoms with Crippen LogP contribution in [0.5, 0.6) is 0 Å². The third kappa shape index (κ3) is 3.76. The monoisotopic (exact) mass is 323 g/mol. The first-order chi connectivity index (χ1) is 11.1. The maximum Gasteiger partial charge on any atom is 0.325 e. The van der Waals surface area contributed by atoms with Gasteiger partial charge in [-0.05, 0) is 26.0 Å². The van der Waals surface area contributed by atoms with Gasteiger partial charge in [0.2, 0.25) is 0 Å². The zero-order valence-corrected chi connectivity index (χ0v) is 13.8. The largest absolute Gasteiger partial charge is 0.325 e. The van der Waals surface area contributed by atoms with Crippen LogP contribution in [0, 0.1) is 13.8 Å². The minimum Gasteiger partial charge on any atom is -0.308 e. The lowest BCUT2D eigenvalue weighted by atomic mass is 10.1. The molecule has 23 heavy (non-hydrogen) atoms. The number of aryl methyl sites for hydroxylation is 2. The van der Waals surface area contributed by atoms with Crippen molar-refractivity contribution in [2.45, 2.75) is 13.8 Å². The molecule has 0 fully saturated rings. The third-order valence-electron chi connectivity index (χ3n) is 3.37. The van der Waals surface area contributed by atoms with E-state index in [0.29, 0.717) is 5.13 Å². The summed E-state index contributed by atoms with van der Waals surface area (Å²) in [6, 6.07) is 17.3. The fourth-order valence-corrected chi connectivity index (χ4v) is 3.04. The Hall–Kier alpha value is -2.66. The normalized spacial score (nSPS) is 10.3. The number of benzene rings is 2. The van der Waals surface area contributed by atoms with Crippen LogP contribution in [0.1, 0.15) is 10.4 Å². The van der Waals surface area contributed by atoms with Crippen molar-refractivity contribution in [3.63, 3.8) is 0 Å². The molecule has 2 amide bonds. The van der Waals surface area contributed by atoms with Crippen molar-refractivity contribution in [3.05, 3.63) is 65.0 Å². The van der Waals surface area contributed by atoms with Gasteiger partial charge in [-0.3, -0.25) is 5.32 Å². The van der Waals surface area contributed by atoms with Crippen LogP contribution in [0.3, 0.4) is 0 Å². The Morgan fingerprint density at radius 1 is 0.957 bits per heavy atom. The first kappa shape index (κ1) is 15.2. The molecule has 0 aliphatic rings. The van der Waals surface area contributed by atoms with Crippen LogP contribution in [0.25, 0.3) is 11.3 Å². The zero-order valence-electron chi connectivity index (χ0n) is 13.0. The molecular formula is C18H17N3OS. The minimum atomic E-state index is -0.290. The average Bonchev–Trinajstić information content (AvgIpc) is 2.91. The molecule has 1 aromatic heterocycles. The summed E-state index contributed by atoms with van der Waals surface area (Å²) in [5.41, 5.74) is 3.86. The van der Waals surface area contributed by atoms with Crippen molar-refractivity contribution < 1.29 is 4.79 Å². The first-order valence-electron chi connectivity index (χ1n) is 7.29. The maximum atomic E-state index is 12.1. The second-order valence-electron chi connectivity index (χ2n) is 5.23. The number of thiazole rings is 1. The topological polar surface area (TPSA) is 54.0 Å². The molecule has 0 aliphatic carbocycles. The van der Waals surface area contributed by atoms with Gasteiger partial charge in [0.25, 0.3) is 0 Å². The number of hydrogen-bond acceptors (Lipinski definition) is 3. The van der Waals surface area contributed by atoms with Crippen molar-refractivity contribution >= 4 is 28.2 Å². The number of aromatic nitrogens is 1. The molecule has 0 spiro atoms. The van der Waals surface area contributed by atoms with E-state index in [4.69, 9.17) is 0 Å². The van der Waals surface area contributed by atoms with Crippen LogP contribution in [-0.4, -0.2) is 11.0 Å². The van der Waals surface area contributed by atoms with E-state index in [2.05, 4.69) is 15.6 Å². The predicted octanol–water partition coefficient (Wildman–Crippen LogP) is 5.07. The van der Waals surface area contributed by atoms with E-state index >= 15 is 0 Å². The molecule has 2 N–H and O–H groups in total. The number of nitrogens with one attached hydrogen (secondary N) is 2. The van der Waals surface area contributed by atoms with E-state index in [1.165, 1.54) is 11.3 Å². The Kier molecular flexibility index (Phi) is 4.39. The molecule has 2 aromatic carbocycles. The third-order valence-corrected chi connectivity index (χ3v) is 4.26. The molecule has 0 bridgehead atoms. The number of urea groups is 1. The Morgan fingerprint density at radius 2 is 1.65 bits per heavy atom. The number of anilines is 2. The molecule has 1 heterocycles. The highest BCUT2D eigenvalue weighted by Gasteiger charge is 2.11. The van der Waals surface area contributed by atoms with Crippen molar-refractivity contribution in [2.75, 3.05) is 10.6 Å². The van der Waals surface area contributed by atoms with Gasteiger partial charge in [0.15, 0.2) is 5.13 Å². The van der Waals surface area contributed by atoms with Gasteiger partial charge in [0.05, 0.1) is 5.69 Å². The van der Waals surface area contributed by atoms with Gasteiger partial charge in [-0.25, -0.2) is 9.78 Å². The van der Waals surface area contributed by atoms with E-state index < -0.39 is 0 Å². The van der Waals surface area contributed by atoms with Gasteiger partial charge in [-0.1, -0.05) is 48.0 Å². The quantitative estimate of drug-likeness (QED) is 0.707. The molecule has 0 unspecified atom stereocenters. The van der Waals surface area contributed by atoms with Crippen LogP contribution < -0.4 is 10.6 Å². The number of amides is 2. The summed E-state index contributed by atoms with van der Waals surface area (Å²) in [6.45, 7) is 4.01. The molecular weight excluding hydrogens is 306 g/mol. The predicted molar refractivity (Wildman–Crippen MR) is 96.1 cm³/mol. The fourth-order valence-electron chi connectivity index (χ4n) is 2.21. The molecule has 0 saturated carbocycles. The highest BCUT2D eigenvalue weighted by Crippen LogP contribution is 2.30. The maximum absolute atomic E-state index is 12.1. The summed E-state index contributed by atoms with van der Waals surface area (Å²) >= 11 is 1.47. The molecule has 116 valence electrons. The van der Waals surface area contributed by atoms with Crippen molar-refractivity contribution in [1.29, 1.82) is 0 Å². The SMILES string of the molecule is Cc1ccc(NC(=O)Nc2nc(-c3ccccc3)c(C)s2)cc1. The number of carbonyl (C=O) groups excluding carboxylic acids is 1. The lowest BCUT2D eigenvalue weighted by Crippen LogP contribution is -2.19. The van der Waals surface area contributed by atoms with Crippen LogP contribution in [0.2, 0.25) is 0 Å². The van der Waals surface area contributed by atoms with Gasteiger partial charge in [-0.15, -0.1) is 11.3 Å². The summed E-state index contributed by atoms with van der Waals surface area (Å²) in [6.07, 6.45) is 0. The van der Waals surface area contributed by atoms with Gasteiger partial charge in [-0.2, -0.15) is 0 Å². The zero-order chi connectivity index (χ0) is 16.2. The van der Waals surface area contributed by atoms with E-state index in [-0.39, 0.29) is 6.03 Å².